The number of amides is 2. The molecule has 9 heteroatoms. The molecule has 4 rings (SSSR count). The van der Waals surface area contributed by atoms with E-state index in [0.717, 1.165) is 5.56 Å². The van der Waals surface area contributed by atoms with Gasteiger partial charge in [0.15, 0.2) is 0 Å². The van der Waals surface area contributed by atoms with Crippen LogP contribution in [0.4, 0.5) is 5.13 Å². The molecule has 8 nitrogen and oxygen atoms in total. The summed E-state index contributed by atoms with van der Waals surface area (Å²) in [4.78, 5) is 28.2. The maximum Gasteiger partial charge on any atom is 0.254 e. The quantitative estimate of drug-likeness (QED) is 0.635. The van der Waals surface area contributed by atoms with Gasteiger partial charge in [-0.25, -0.2) is 0 Å². The van der Waals surface area contributed by atoms with Crippen molar-refractivity contribution in [2.45, 2.75) is 18.6 Å². The predicted molar refractivity (Wildman–Crippen MR) is 116 cm³/mol. The van der Waals surface area contributed by atoms with E-state index < -0.39 is 12.0 Å². The smallest absolute Gasteiger partial charge is 0.254 e. The largest absolute Gasteiger partial charge is 0.497 e. The molecule has 2 amide bonds. The number of fused-ring (bicyclic) bond motifs is 1. The summed E-state index contributed by atoms with van der Waals surface area (Å²) in [7, 11) is 4.89. The molecule has 2 atom stereocenters. The monoisotopic (exact) mass is 438 g/mol. The van der Waals surface area contributed by atoms with Crippen LogP contribution in [0.5, 0.6) is 5.75 Å². The van der Waals surface area contributed by atoms with Crippen molar-refractivity contribution in [3.05, 3.63) is 70.2 Å². The number of rotatable bonds is 6. The van der Waals surface area contributed by atoms with Gasteiger partial charge in [-0.3, -0.25) is 14.9 Å². The highest BCUT2D eigenvalue weighted by molar-refractivity contribution is 7.15. The van der Waals surface area contributed by atoms with Crippen molar-refractivity contribution in [1.29, 1.82) is 0 Å². The number of ether oxygens (including phenoxy) is 2. The number of carbonyl (C=O) groups excluding carboxylic acids is 2. The van der Waals surface area contributed by atoms with E-state index in [1.807, 2.05) is 36.4 Å². The molecule has 1 aliphatic heterocycles. The normalized spacial score (nSPS) is 17.9. The maximum atomic E-state index is 13.5. The van der Waals surface area contributed by atoms with Gasteiger partial charge in [0.1, 0.15) is 17.4 Å². The Bertz CT molecular complexity index is 1100. The molecule has 2 aromatic carbocycles. The summed E-state index contributed by atoms with van der Waals surface area (Å²) in [5.74, 6) is -0.303. The number of methoxy groups -OCH3 is 2. The van der Waals surface area contributed by atoms with Gasteiger partial charge in [0.25, 0.3) is 5.91 Å². The van der Waals surface area contributed by atoms with E-state index >= 15 is 0 Å². The summed E-state index contributed by atoms with van der Waals surface area (Å²) in [5.41, 5.74) is 2.04. The van der Waals surface area contributed by atoms with Crippen LogP contribution in [0.15, 0.2) is 48.5 Å². The van der Waals surface area contributed by atoms with Crippen LogP contribution < -0.4 is 10.1 Å². The van der Waals surface area contributed by atoms with Crippen LogP contribution in [0, 0.1) is 0 Å². The lowest BCUT2D eigenvalue weighted by atomic mass is 9.79. The van der Waals surface area contributed by atoms with Gasteiger partial charge in [0, 0.05) is 19.7 Å². The van der Waals surface area contributed by atoms with Gasteiger partial charge in [-0.15, -0.1) is 10.2 Å². The minimum absolute atomic E-state index is 0.126. The number of anilines is 1. The first-order valence-corrected chi connectivity index (χ1v) is 10.5. The van der Waals surface area contributed by atoms with Crippen LogP contribution in [0.2, 0.25) is 0 Å². The number of aromatic nitrogens is 2. The van der Waals surface area contributed by atoms with E-state index in [-0.39, 0.29) is 11.8 Å². The van der Waals surface area contributed by atoms with E-state index in [4.69, 9.17) is 9.47 Å². The minimum Gasteiger partial charge on any atom is -0.497 e. The number of nitrogens with one attached hydrogen (secondary N) is 1. The molecule has 0 fully saturated rings. The third-order valence-corrected chi connectivity index (χ3v) is 6.10. The van der Waals surface area contributed by atoms with Crippen molar-refractivity contribution in [1.82, 2.24) is 15.1 Å². The fourth-order valence-electron chi connectivity index (χ4n) is 3.84. The number of likely N-dealkylation sites (N-methyl/N-ethyl adjacent to an activating group) is 1. The van der Waals surface area contributed by atoms with Gasteiger partial charge < -0.3 is 14.4 Å². The average Bonchev–Trinajstić information content (AvgIpc) is 3.23. The molecule has 1 aliphatic rings. The van der Waals surface area contributed by atoms with Crippen molar-refractivity contribution >= 4 is 28.3 Å². The highest BCUT2D eigenvalue weighted by Gasteiger charge is 2.42. The number of hydrogen-bond acceptors (Lipinski definition) is 7. The summed E-state index contributed by atoms with van der Waals surface area (Å²) in [6, 6.07) is 14.1. The molecule has 0 saturated heterocycles. The van der Waals surface area contributed by atoms with Crippen LogP contribution >= 0.6 is 11.3 Å². The second-order valence-electron chi connectivity index (χ2n) is 7.12. The molecule has 160 valence electrons. The Kier molecular flexibility index (Phi) is 5.97. The third-order valence-electron chi connectivity index (χ3n) is 5.28. The Hall–Kier alpha value is -3.30. The molecular weight excluding hydrogens is 416 g/mol. The Labute approximate surface area is 183 Å². The molecule has 0 saturated carbocycles. The predicted octanol–water partition coefficient (Wildman–Crippen LogP) is 3.24. The molecule has 3 aromatic rings. The van der Waals surface area contributed by atoms with Crippen molar-refractivity contribution in [3.63, 3.8) is 0 Å². The van der Waals surface area contributed by atoms with E-state index in [2.05, 4.69) is 15.5 Å². The zero-order valence-corrected chi connectivity index (χ0v) is 18.2. The summed E-state index contributed by atoms with van der Waals surface area (Å²) in [6.45, 7) is 0.325. The lowest BCUT2D eigenvalue weighted by Crippen LogP contribution is -2.44. The third kappa shape index (κ3) is 4.01. The zero-order chi connectivity index (χ0) is 22.0. The molecule has 1 aromatic heterocycles. The molecule has 2 unspecified atom stereocenters. The Morgan fingerprint density at radius 3 is 2.58 bits per heavy atom. The molecule has 0 spiro atoms. The minimum atomic E-state index is -0.623. The first-order chi connectivity index (χ1) is 15.0. The van der Waals surface area contributed by atoms with Crippen molar-refractivity contribution in [2.75, 3.05) is 26.6 Å². The van der Waals surface area contributed by atoms with Crippen LogP contribution in [-0.4, -0.2) is 48.2 Å². The Morgan fingerprint density at radius 1 is 1.13 bits per heavy atom. The molecule has 1 N–H and O–H groups in total. The fourth-order valence-corrected chi connectivity index (χ4v) is 4.56. The maximum absolute atomic E-state index is 13.5. The first-order valence-electron chi connectivity index (χ1n) is 9.65. The SMILES string of the molecule is COCc1nnc(NC(=O)C2c3ccccc3C(=O)N(C)C2c2ccc(OC)cc2)s1. The summed E-state index contributed by atoms with van der Waals surface area (Å²) < 4.78 is 10.3. The van der Waals surface area contributed by atoms with Crippen molar-refractivity contribution in [3.8, 4) is 5.75 Å². The number of nitrogens with zero attached hydrogens (tertiary/aromatic N) is 3. The molecule has 0 aliphatic carbocycles. The van der Waals surface area contributed by atoms with Crippen LogP contribution in [0.25, 0.3) is 0 Å². The first kappa shape index (κ1) is 21.0. The second-order valence-corrected chi connectivity index (χ2v) is 8.18. The Morgan fingerprint density at radius 2 is 1.87 bits per heavy atom. The van der Waals surface area contributed by atoms with E-state index in [9.17, 15) is 9.59 Å². The average molecular weight is 439 g/mol. The highest BCUT2D eigenvalue weighted by Crippen LogP contribution is 2.42. The van der Waals surface area contributed by atoms with E-state index in [1.165, 1.54) is 11.3 Å². The Balaban J connectivity index is 1.74. The lowest BCUT2D eigenvalue weighted by molar-refractivity contribution is -0.119. The van der Waals surface area contributed by atoms with Gasteiger partial charge in [-0.2, -0.15) is 0 Å². The fraction of sp³-hybridized carbons (Fsp3) is 0.273. The molecule has 31 heavy (non-hydrogen) atoms. The van der Waals surface area contributed by atoms with E-state index in [1.54, 1.807) is 38.3 Å². The molecular formula is C22H22N4O4S. The van der Waals surface area contributed by atoms with Crippen LogP contribution in [0.3, 0.4) is 0 Å². The topological polar surface area (TPSA) is 93.7 Å². The number of hydrogen-bond donors (Lipinski definition) is 1. The molecule has 0 radical (unpaired) electrons. The second kappa shape index (κ2) is 8.83. The molecule has 2 heterocycles. The van der Waals surface area contributed by atoms with Crippen LogP contribution in [0.1, 0.15) is 38.5 Å². The zero-order valence-electron chi connectivity index (χ0n) is 17.4. The summed E-state index contributed by atoms with van der Waals surface area (Å²) in [5, 5.41) is 12.0. The van der Waals surface area contributed by atoms with Gasteiger partial charge in [0.2, 0.25) is 11.0 Å². The lowest BCUT2D eigenvalue weighted by Gasteiger charge is -2.39. The molecule has 0 bridgehead atoms. The van der Waals surface area contributed by atoms with Crippen molar-refractivity contribution in [2.24, 2.45) is 0 Å². The standard InChI is InChI=1S/C22H22N4O4S/c1-26-19(13-8-10-14(30-3)11-9-13)18(15-6-4-5-7-16(15)21(26)28)20(27)23-22-25-24-17(31-22)12-29-2/h4-11,18-19H,12H2,1-3H3,(H,23,25,27). The van der Waals surface area contributed by atoms with Gasteiger partial charge >= 0.3 is 0 Å². The van der Waals surface area contributed by atoms with Crippen molar-refractivity contribution < 1.29 is 19.1 Å². The van der Waals surface area contributed by atoms with Crippen LogP contribution in [-0.2, 0) is 16.1 Å². The van der Waals surface area contributed by atoms with Gasteiger partial charge in [-0.05, 0) is 29.3 Å². The number of carbonyl (C=O) groups is 2. The number of benzene rings is 2. The summed E-state index contributed by atoms with van der Waals surface area (Å²) in [6.07, 6.45) is 0. The summed E-state index contributed by atoms with van der Waals surface area (Å²) >= 11 is 1.26. The van der Waals surface area contributed by atoms with E-state index in [0.29, 0.717) is 33.6 Å². The van der Waals surface area contributed by atoms with Gasteiger partial charge in [-0.1, -0.05) is 41.7 Å². The highest BCUT2D eigenvalue weighted by atomic mass is 32.1. The van der Waals surface area contributed by atoms with Gasteiger partial charge in [0.05, 0.1) is 19.1 Å².